The molecular weight excluding hydrogens is 242 g/mol. The summed E-state index contributed by atoms with van der Waals surface area (Å²) in [5, 5.41) is 7.16. The third kappa shape index (κ3) is 3.70. The molecule has 1 atom stereocenters. The second-order valence-electron chi connectivity index (χ2n) is 4.33. The summed E-state index contributed by atoms with van der Waals surface area (Å²) >= 11 is 1.67. The lowest BCUT2D eigenvalue weighted by Gasteiger charge is -2.14. The first-order chi connectivity index (χ1) is 8.75. The van der Waals surface area contributed by atoms with E-state index in [9.17, 15) is 4.79 Å². The summed E-state index contributed by atoms with van der Waals surface area (Å²) in [5.74, 6) is 0.109. The molecular formula is C15H17NOS. The Balaban J connectivity index is 1.80. The summed E-state index contributed by atoms with van der Waals surface area (Å²) in [6.45, 7) is 2.01. The number of amides is 1. The SMILES string of the molecule is CC(NC(=O)CCc1ccsc1)c1ccccc1. The van der Waals surface area contributed by atoms with Gasteiger partial charge in [0.15, 0.2) is 0 Å². The van der Waals surface area contributed by atoms with Crippen molar-refractivity contribution >= 4 is 17.2 Å². The lowest BCUT2D eigenvalue weighted by atomic mass is 10.1. The molecule has 0 fully saturated rings. The summed E-state index contributed by atoms with van der Waals surface area (Å²) in [7, 11) is 0. The van der Waals surface area contributed by atoms with Crippen LogP contribution in [0.2, 0.25) is 0 Å². The van der Waals surface area contributed by atoms with Crippen molar-refractivity contribution in [2.24, 2.45) is 0 Å². The van der Waals surface area contributed by atoms with Gasteiger partial charge in [0.2, 0.25) is 5.91 Å². The highest BCUT2D eigenvalue weighted by Gasteiger charge is 2.09. The lowest BCUT2D eigenvalue weighted by Crippen LogP contribution is -2.26. The number of carbonyl (C=O) groups excluding carboxylic acids is 1. The van der Waals surface area contributed by atoms with Gasteiger partial charge in [0.25, 0.3) is 0 Å². The zero-order valence-corrected chi connectivity index (χ0v) is 11.2. The van der Waals surface area contributed by atoms with E-state index in [1.165, 1.54) is 5.56 Å². The van der Waals surface area contributed by atoms with Gasteiger partial charge in [-0.2, -0.15) is 11.3 Å². The van der Waals surface area contributed by atoms with E-state index in [4.69, 9.17) is 0 Å². The monoisotopic (exact) mass is 259 g/mol. The van der Waals surface area contributed by atoms with E-state index in [1.54, 1.807) is 11.3 Å². The fourth-order valence-corrected chi connectivity index (χ4v) is 2.53. The van der Waals surface area contributed by atoms with E-state index in [1.807, 2.05) is 42.6 Å². The molecule has 2 rings (SSSR count). The van der Waals surface area contributed by atoms with Crippen LogP contribution < -0.4 is 5.32 Å². The van der Waals surface area contributed by atoms with Crippen molar-refractivity contribution in [1.29, 1.82) is 0 Å². The molecule has 2 aromatic rings. The Morgan fingerprint density at radius 3 is 2.72 bits per heavy atom. The Labute approximate surface area is 112 Å². The summed E-state index contributed by atoms with van der Waals surface area (Å²) < 4.78 is 0. The normalized spacial score (nSPS) is 12.1. The topological polar surface area (TPSA) is 29.1 Å². The van der Waals surface area contributed by atoms with Crippen LogP contribution >= 0.6 is 11.3 Å². The highest BCUT2D eigenvalue weighted by Crippen LogP contribution is 2.12. The van der Waals surface area contributed by atoms with Crippen LogP contribution in [-0.2, 0) is 11.2 Å². The maximum Gasteiger partial charge on any atom is 0.220 e. The molecule has 0 bridgehead atoms. The quantitative estimate of drug-likeness (QED) is 0.874. The fourth-order valence-electron chi connectivity index (χ4n) is 1.83. The van der Waals surface area contributed by atoms with Crippen molar-refractivity contribution < 1.29 is 4.79 Å². The molecule has 1 aromatic heterocycles. The van der Waals surface area contributed by atoms with E-state index in [0.717, 1.165) is 12.0 Å². The van der Waals surface area contributed by atoms with Crippen molar-refractivity contribution in [1.82, 2.24) is 5.32 Å². The second kappa shape index (κ2) is 6.36. The number of benzene rings is 1. The minimum absolute atomic E-state index is 0.0705. The molecule has 1 N–H and O–H groups in total. The van der Waals surface area contributed by atoms with Crippen LogP contribution in [-0.4, -0.2) is 5.91 Å². The van der Waals surface area contributed by atoms with Crippen LogP contribution in [0.1, 0.15) is 30.5 Å². The van der Waals surface area contributed by atoms with Crippen LogP contribution in [0.5, 0.6) is 0 Å². The minimum atomic E-state index is 0.0705. The largest absolute Gasteiger partial charge is 0.350 e. The molecule has 0 aliphatic rings. The minimum Gasteiger partial charge on any atom is -0.350 e. The van der Waals surface area contributed by atoms with Gasteiger partial charge in [0, 0.05) is 6.42 Å². The maximum atomic E-state index is 11.8. The van der Waals surface area contributed by atoms with Gasteiger partial charge in [-0.05, 0) is 41.3 Å². The molecule has 0 saturated carbocycles. The van der Waals surface area contributed by atoms with Gasteiger partial charge in [-0.3, -0.25) is 4.79 Å². The van der Waals surface area contributed by atoms with E-state index < -0.39 is 0 Å². The zero-order valence-electron chi connectivity index (χ0n) is 10.4. The van der Waals surface area contributed by atoms with Crippen molar-refractivity contribution in [3.63, 3.8) is 0 Å². The molecule has 3 heteroatoms. The molecule has 2 nitrogen and oxygen atoms in total. The van der Waals surface area contributed by atoms with Crippen molar-refractivity contribution in [3.05, 3.63) is 58.3 Å². The molecule has 94 valence electrons. The van der Waals surface area contributed by atoms with Gasteiger partial charge in [0.05, 0.1) is 6.04 Å². The van der Waals surface area contributed by atoms with E-state index in [2.05, 4.69) is 16.8 Å². The highest BCUT2D eigenvalue weighted by molar-refractivity contribution is 7.07. The summed E-state index contributed by atoms with van der Waals surface area (Å²) in [5.41, 5.74) is 2.38. The molecule has 1 unspecified atom stereocenters. The van der Waals surface area contributed by atoms with Crippen LogP contribution in [0.4, 0.5) is 0 Å². The smallest absolute Gasteiger partial charge is 0.220 e. The van der Waals surface area contributed by atoms with Crippen molar-refractivity contribution in [3.8, 4) is 0 Å². The Hall–Kier alpha value is -1.61. The van der Waals surface area contributed by atoms with Gasteiger partial charge in [-0.15, -0.1) is 0 Å². The molecule has 0 radical (unpaired) electrons. The first-order valence-corrected chi connectivity index (χ1v) is 7.05. The van der Waals surface area contributed by atoms with E-state index in [-0.39, 0.29) is 11.9 Å². The van der Waals surface area contributed by atoms with Crippen LogP contribution in [0, 0.1) is 0 Å². The highest BCUT2D eigenvalue weighted by atomic mass is 32.1. The molecule has 18 heavy (non-hydrogen) atoms. The second-order valence-corrected chi connectivity index (χ2v) is 5.11. The average molecular weight is 259 g/mol. The van der Waals surface area contributed by atoms with Crippen molar-refractivity contribution in [2.45, 2.75) is 25.8 Å². The van der Waals surface area contributed by atoms with Crippen LogP contribution in [0.25, 0.3) is 0 Å². The number of nitrogens with one attached hydrogen (secondary N) is 1. The number of thiophene rings is 1. The Morgan fingerprint density at radius 2 is 2.06 bits per heavy atom. The number of aryl methyl sites for hydroxylation is 1. The Bertz CT molecular complexity index is 478. The predicted molar refractivity (Wildman–Crippen MR) is 75.6 cm³/mol. The average Bonchev–Trinajstić information content (AvgIpc) is 2.90. The molecule has 1 heterocycles. The predicted octanol–water partition coefficient (Wildman–Crippen LogP) is 3.56. The standard InChI is InChI=1S/C15H17NOS/c1-12(14-5-3-2-4-6-14)16-15(17)8-7-13-9-10-18-11-13/h2-6,9-12H,7-8H2,1H3,(H,16,17). The molecule has 1 amide bonds. The third-order valence-electron chi connectivity index (χ3n) is 2.90. The van der Waals surface area contributed by atoms with Crippen LogP contribution in [0.3, 0.4) is 0 Å². The molecule has 0 aliphatic heterocycles. The summed E-state index contributed by atoms with van der Waals surface area (Å²) in [4.78, 5) is 11.8. The Kier molecular flexibility index (Phi) is 4.53. The van der Waals surface area contributed by atoms with Crippen LogP contribution in [0.15, 0.2) is 47.2 Å². The first kappa shape index (κ1) is 12.8. The molecule has 0 aliphatic carbocycles. The number of hydrogen-bond donors (Lipinski definition) is 1. The Morgan fingerprint density at radius 1 is 1.28 bits per heavy atom. The number of rotatable bonds is 5. The van der Waals surface area contributed by atoms with Gasteiger partial charge in [-0.1, -0.05) is 30.3 Å². The van der Waals surface area contributed by atoms with Gasteiger partial charge in [0.1, 0.15) is 0 Å². The molecule has 0 spiro atoms. The maximum absolute atomic E-state index is 11.8. The number of hydrogen-bond acceptors (Lipinski definition) is 2. The zero-order chi connectivity index (χ0) is 12.8. The molecule has 1 aromatic carbocycles. The summed E-state index contributed by atoms with van der Waals surface area (Å²) in [6, 6.07) is 12.2. The van der Waals surface area contributed by atoms with Gasteiger partial charge in [-0.25, -0.2) is 0 Å². The summed E-state index contributed by atoms with van der Waals surface area (Å²) in [6.07, 6.45) is 1.37. The van der Waals surface area contributed by atoms with Crippen molar-refractivity contribution in [2.75, 3.05) is 0 Å². The van der Waals surface area contributed by atoms with E-state index >= 15 is 0 Å². The third-order valence-corrected chi connectivity index (χ3v) is 3.63. The van der Waals surface area contributed by atoms with Gasteiger partial charge < -0.3 is 5.32 Å². The first-order valence-electron chi connectivity index (χ1n) is 6.11. The lowest BCUT2D eigenvalue weighted by molar-refractivity contribution is -0.121. The van der Waals surface area contributed by atoms with Gasteiger partial charge >= 0.3 is 0 Å². The van der Waals surface area contributed by atoms with E-state index in [0.29, 0.717) is 6.42 Å². The fraction of sp³-hybridized carbons (Fsp3) is 0.267. The number of carbonyl (C=O) groups is 1. The molecule has 0 saturated heterocycles.